The van der Waals surface area contributed by atoms with Gasteiger partial charge in [-0.1, -0.05) is 6.07 Å². The summed E-state index contributed by atoms with van der Waals surface area (Å²) >= 11 is 0. The molecule has 32 heavy (non-hydrogen) atoms. The molecule has 1 saturated heterocycles. The van der Waals surface area contributed by atoms with Crippen molar-refractivity contribution < 1.29 is 13.5 Å². The normalized spacial score (nSPS) is 19.9. The fourth-order valence-corrected chi connectivity index (χ4v) is 5.37. The van der Waals surface area contributed by atoms with Gasteiger partial charge in [0, 0.05) is 37.2 Å². The van der Waals surface area contributed by atoms with Gasteiger partial charge in [0.15, 0.2) is 15.5 Å². The summed E-state index contributed by atoms with van der Waals surface area (Å²) in [5.41, 5.74) is 2.32. The average molecular weight is 457 g/mol. The molecule has 3 N–H and O–H groups in total. The zero-order valence-electron chi connectivity index (χ0n) is 18.0. The van der Waals surface area contributed by atoms with Gasteiger partial charge in [0.05, 0.1) is 23.9 Å². The van der Waals surface area contributed by atoms with Crippen molar-refractivity contribution in [3.05, 3.63) is 42.1 Å². The molecule has 3 heterocycles. The minimum atomic E-state index is -3.33. The largest absolute Gasteiger partial charge is 0.392 e. The highest BCUT2D eigenvalue weighted by molar-refractivity contribution is 7.90. The second-order valence-corrected chi connectivity index (χ2v) is 10.7. The van der Waals surface area contributed by atoms with Crippen LogP contribution in [0.4, 0.5) is 17.3 Å². The maximum absolute atomic E-state index is 12.4. The number of nitrogens with zero attached hydrogens (tertiary/aromatic N) is 4. The minimum absolute atomic E-state index is 0.251. The Kier molecular flexibility index (Phi) is 5.52. The number of aromatic nitrogens is 3. The highest BCUT2D eigenvalue weighted by atomic mass is 32.2. The molecule has 1 saturated carbocycles. The number of β-amino-alcohol motifs (C(OH)–C–C–N with tert-alkyl or cyclic N) is 1. The van der Waals surface area contributed by atoms with Crippen LogP contribution in [0.2, 0.25) is 0 Å². The zero-order chi connectivity index (χ0) is 22.3. The molecule has 2 aliphatic rings. The predicted molar refractivity (Wildman–Crippen MR) is 123 cm³/mol. The van der Waals surface area contributed by atoms with Gasteiger partial charge < -0.3 is 15.7 Å². The number of aliphatic hydroxyl groups excluding tert-OH is 1. The monoisotopic (exact) mass is 456 g/mol. The maximum Gasteiger partial charge on any atom is 0.175 e. The topological polar surface area (TPSA) is 112 Å². The van der Waals surface area contributed by atoms with E-state index in [1.165, 1.54) is 6.26 Å². The first kappa shape index (κ1) is 21.2. The van der Waals surface area contributed by atoms with Gasteiger partial charge in [-0.2, -0.15) is 9.61 Å². The molecular formula is C22H28N6O3S. The third-order valence-corrected chi connectivity index (χ3v) is 7.19. The van der Waals surface area contributed by atoms with Crippen molar-refractivity contribution in [2.45, 2.75) is 42.6 Å². The molecule has 5 rings (SSSR count). The Morgan fingerprint density at radius 2 is 2.06 bits per heavy atom. The maximum atomic E-state index is 12.4. The highest BCUT2D eigenvalue weighted by Gasteiger charge is 2.31. The van der Waals surface area contributed by atoms with Gasteiger partial charge in [-0.15, -0.1) is 0 Å². The Labute approximate surface area is 187 Å². The van der Waals surface area contributed by atoms with Crippen LogP contribution in [0.5, 0.6) is 0 Å². The average Bonchev–Trinajstić information content (AvgIpc) is 3.48. The second-order valence-electron chi connectivity index (χ2n) is 8.72. The van der Waals surface area contributed by atoms with Gasteiger partial charge in [-0.3, -0.25) is 4.90 Å². The smallest absolute Gasteiger partial charge is 0.175 e. The number of fused-ring (bicyclic) bond motifs is 1. The van der Waals surface area contributed by atoms with E-state index in [2.05, 4.69) is 25.6 Å². The van der Waals surface area contributed by atoms with Crippen LogP contribution in [0, 0.1) is 0 Å². The summed E-state index contributed by atoms with van der Waals surface area (Å²) in [6.07, 6.45) is 6.47. The Balaban J connectivity index is 1.45. The van der Waals surface area contributed by atoms with Crippen LogP contribution in [-0.4, -0.2) is 65.1 Å². The number of hydrogen-bond acceptors (Lipinski definition) is 8. The van der Waals surface area contributed by atoms with E-state index in [1.54, 1.807) is 22.8 Å². The SMILES string of the molecule is CS(=O)(=O)c1cccc(Nc2cc(NCN3CCCC(O)C3)nc3ccnn23)c1C1CC1. The van der Waals surface area contributed by atoms with Crippen molar-refractivity contribution in [1.29, 1.82) is 0 Å². The number of hydrogen-bond donors (Lipinski definition) is 3. The van der Waals surface area contributed by atoms with Gasteiger partial charge in [0.1, 0.15) is 11.6 Å². The second kappa shape index (κ2) is 8.34. The number of rotatable bonds is 7. The van der Waals surface area contributed by atoms with E-state index in [1.807, 2.05) is 18.2 Å². The Morgan fingerprint density at radius 3 is 2.81 bits per heavy atom. The van der Waals surface area contributed by atoms with Gasteiger partial charge in [-0.05, 0) is 49.3 Å². The lowest BCUT2D eigenvalue weighted by molar-refractivity contribution is 0.0748. The molecule has 1 atom stereocenters. The lowest BCUT2D eigenvalue weighted by atomic mass is 10.1. The Hall–Kier alpha value is -2.69. The molecular weight excluding hydrogens is 428 g/mol. The van der Waals surface area contributed by atoms with E-state index in [4.69, 9.17) is 0 Å². The van der Waals surface area contributed by atoms with Crippen LogP contribution in [0.1, 0.15) is 37.2 Å². The van der Waals surface area contributed by atoms with Gasteiger partial charge in [-0.25, -0.2) is 13.4 Å². The Bertz CT molecular complexity index is 1240. The molecule has 0 amide bonds. The molecule has 9 nitrogen and oxygen atoms in total. The van der Waals surface area contributed by atoms with Gasteiger partial charge >= 0.3 is 0 Å². The molecule has 10 heteroatoms. The highest BCUT2D eigenvalue weighted by Crippen LogP contribution is 2.47. The number of benzene rings is 1. The van der Waals surface area contributed by atoms with E-state index < -0.39 is 9.84 Å². The van der Waals surface area contributed by atoms with E-state index in [-0.39, 0.29) is 12.0 Å². The van der Waals surface area contributed by atoms with Crippen LogP contribution >= 0.6 is 0 Å². The number of piperidine rings is 1. The molecule has 170 valence electrons. The fourth-order valence-electron chi connectivity index (χ4n) is 4.37. The van der Waals surface area contributed by atoms with Crippen LogP contribution in [0.3, 0.4) is 0 Å². The summed E-state index contributed by atoms with van der Waals surface area (Å²) in [5.74, 6) is 1.64. The van der Waals surface area contributed by atoms with Crippen molar-refractivity contribution >= 4 is 32.8 Å². The molecule has 2 fully saturated rings. The molecule has 3 aromatic rings. The van der Waals surface area contributed by atoms with Crippen molar-refractivity contribution in [2.24, 2.45) is 0 Å². The van der Waals surface area contributed by atoms with Crippen molar-refractivity contribution in [3.63, 3.8) is 0 Å². The summed E-state index contributed by atoms with van der Waals surface area (Å²) < 4.78 is 26.5. The number of likely N-dealkylation sites (tertiary alicyclic amines) is 1. The fraction of sp³-hybridized carbons (Fsp3) is 0.455. The number of sulfone groups is 1. The van der Waals surface area contributed by atoms with E-state index in [0.29, 0.717) is 35.4 Å². The quantitative estimate of drug-likeness (QED) is 0.497. The molecule has 2 aromatic heterocycles. The summed E-state index contributed by atoms with van der Waals surface area (Å²) in [6, 6.07) is 9.08. The van der Waals surface area contributed by atoms with Crippen LogP contribution in [-0.2, 0) is 9.84 Å². The van der Waals surface area contributed by atoms with E-state index in [9.17, 15) is 13.5 Å². The van der Waals surface area contributed by atoms with E-state index >= 15 is 0 Å². The number of aliphatic hydroxyl groups is 1. The van der Waals surface area contributed by atoms with Crippen LogP contribution in [0.15, 0.2) is 41.4 Å². The summed E-state index contributed by atoms with van der Waals surface area (Å²) in [7, 11) is -3.33. The molecule has 1 aromatic carbocycles. The molecule has 0 bridgehead atoms. The first-order valence-corrected chi connectivity index (χ1v) is 12.9. The minimum Gasteiger partial charge on any atom is -0.392 e. The van der Waals surface area contributed by atoms with Gasteiger partial charge in [0.25, 0.3) is 0 Å². The van der Waals surface area contributed by atoms with E-state index in [0.717, 1.165) is 43.5 Å². The third-order valence-electron chi connectivity index (χ3n) is 6.04. The molecule has 1 aliphatic carbocycles. The van der Waals surface area contributed by atoms with Crippen LogP contribution < -0.4 is 10.6 Å². The molecule has 1 aliphatic heterocycles. The summed E-state index contributed by atoms with van der Waals surface area (Å²) in [4.78, 5) is 7.19. The third kappa shape index (κ3) is 4.43. The first-order chi connectivity index (χ1) is 15.4. The number of anilines is 3. The summed E-state index contributed by atoms with van der Waals surface area (Å²) in [6.45, 7) is 2.17. The molecule has 1 unspecified atom stereocenters. The van der Waals surface area contributed by atoms with Crippen molar-refractivity contribution in [3.8, 4) is 0 Å². The molecule has 0 spiro atoms. The number of nitrogens with one attached hydrogen (secondary N) is 2. The van der Waals surface area contributed by atoms with Gasteiger partial charge in [0.2, 0.25) is 0 Å². The van der Waals surface area contributed by atoms with Crippen molar-refractivity contribution in [2.75, 3.05) is 36.6 Å². The van der Waals surface area contributed by atoms with Crippen LogP contribution in [0.25, 0.3) is 5.65 Å². The molecule has 0 radical (unpaired) electrons. The first-order valence-electron chi connectivity index (χ1n) is 11.0. The lowest BCUT2D eigenvalue weighted by Gasteiger charge is -2.30. The zero-order valence-corrected chi connectivity index (χ0v) is 18.8. The van der Waals surface area contributed by atoms with Crippen molar-refractivity contribution in [1.82, 2.24) is 19.5 Å². The lowest BCUT2D eigenvalue weighted by Crippen LogP contribution is -2.41. The Morgan fingerprint density at radius 1 is 1.22 bits per heavy atom. The standard InChI is InChI=1S/C22H28N6O3S/c1-32(30,31)18-6-2-5-17(22(18)15-7-8-15)25-21-12-19(26-20-9-10-24-28(20)21)23-14-27-11-3-4-16(29)13-27/h2,5-6,9-10,12,15-16,25,29H,3-4,7-8,11,13-14H2,1H3,(H,23,26). The summed E-state index contributed by atoms with van der Waals surface area (Å²) in [5, 5.41) is 21.1. The predicted octanol–water partition coefficient (Wildman–Crippen LogP) is 2.58.